The number of anilines is 1. The van der Waals surface area contributed by atoms with Crippen molar-refractivity contribution in [2.75, 3.05) is 11.4 Å². The Morgan fingerprint density at radius 1 is 1.14 bits per heavy atom. The second kappa shape index (κ2) is 6.26. The van der Waals surface area contributed by atoms with Crippen molar-refractivity contribution in [3.05, 3.63) is 35.5 Å². The highest BCUT2D eigenvalue weighted by molar-refractivity contribution is 6.07. The molecule has 148 valence electrons. The molecule has 0 saturated carbocycles. The molecule has 1 unspecified atom stereocenters. The van der Waals surface area contributed by atoms with Crippen LogP contribution in [0.15, 0.2) is 24.4 Å². The summed E-state index contributed by atoms with van der Waals surface area (Å²) in [5, 5.41) is 6.72. The van der Waals surface area contributed by atoms with Crippen molar-refractivity contribution in [1.82, 2.24) is 20.0 Å². The van der Waals surface area contributed by atoms with Crippen molar-refractivity contribution in [3.8, 4) is 11.1 Å². The van der Waals surface area contributed by atoms with Crippen molar-refractivity contribution in [2.24, 2.45) is 0 Å². The molecule has 0 radical (unpaired) electrons. The van der Waals surface area contributed by atoms with Gasteiger partial charge in [0.05, 0.1) is 12.7 Å². The van der Waals surface area contributed by atoms with Crippen molar-refractivity contribution in [2.45, 2.75) is 38.9 Å². The lowest BCUT2D eigenvalue weighted by Crippen LogP contribution is -2.52. The Morgan fingerprint density at radius 3 is 2.69 bits per heavy atom. The van der Waals surface area contributed by atoms with Gasteiger partial charge in [-0.15, -0.1) is 0 Å². The molecule has 1 aromatic heterocycles. The molecular formula is C20H19N5O4. The number of nitrogens with zero attached hydrogens (tertiary/aromatic N) is 4. The maximum Gasteiger partial charge on any atom is 0.255 e. The van der Waals surface area contributed by atoms with Gasteiger partial charge in [-0.1, -0.05) is 12.1 Å². The molecule has 0 spiro atoms. The van der Waals surface area contributed by atoms with Gasteiger partial charge in [0, 0.05) is 37.6 Å². The number of imide groups is 1. The van der Waals surface area contributed by atoms with Gasteiger partial charge in [-0.2, -0.15) is 5.10 Å². The Hall–Kier alpha value is -3.49. The molecular weight excluding hydrogens is 374 g/mol. The van der Waals surface area contributed by atoms with Crippen LogP contribution in [0.3, 0.4) is 0 Å². The van der Waals surface area contributed by atoms with Gasteiger partial charge in [0.25, 0.3) is 5.91 Å². The maximum absolute atomic E-state index is 13.0. The van der Waals surface area contributed by atoms with Crippen LogP contribution in [0.2, 0.25) is 0 Å². The second-order valence-electron chi connectivity index (χ2n) is 7.51. The predicted octanol–water partition coefficient (Wildman–Crippen LogP) is 0.678. The van der Waals surface area contributed by atoms with E-state index in [-0.39, 0.29) is 30.7 Å². The minimum absolute atomic E-state index is 0.0562. The Labute approximate surface area is 166 Å². The summed E-state index contributed by atoms with van der Waals surface area (Å²) in [6, 6.07) is 4.80. The van der Waals surface area contributed by atoms with Crippen LogP contribution in [-0.4, -0.2) is 50.9 Å². The summed E-state index contributed by atoms with van der Waals surface area (Å²) in [6.07, 6.45) is 2.26. The zero-order chi connectivity index (χ0) is 20.3. The van der Waals surface area contributed by atoms with Crippen LogP contribution in [0.5, 0.6) is 0 Å². The molecule has 1 aromatic carbocycles. The van der Waals surface area contributed by atoms with Crippen LogP contribution >= 0.6 is 0 Å². The van der Waals surface area contributed by atoms with Gasteiger partial charge in [-0.3, -0.25) is 29.4 Å². The monoisotopic (exact) mass is 393 g/mol. The molecule has 4 heterocycles. The quantitative estimate of drug-likeness (QED) is 0.756. The number of hydrogen-bond donors (Lipinski definition) is 1. The molecule has 0 bridgehead atoms. The predicted molar refractivity (Wildman–Crippen MR) is 102 cm³/mol. The number of aromatic nitrogens is 2. The molecule has 1 fully saturated rings. The van der Waals surface area contributed by atoms with Crippen molar-refractivity contribution in [3.63, 3.8) is 0 Å². The average Bonchev–Trinajstić information content (AvgIpc) is 3.36. The third-order valence-electron chi connectivity index (χ3n) is 5.86. The summed E-state index contributed by atoms with van der Waals surface area (Å²) in [4.78, 5) is 52.0. The van der Waals surface area contributed by atoms with E-state index in [0.717, 1.165) is 22.5 Å². The average molecular weight is 393 g/mol. The normalized spacial score (nSPS) is 20.7. The van der Waals surface area contributed by atoms with Gasteiger partial charge in [-0.05, 0) is 23.6 Å². The standard InChI is InChI=1S/C20H19N5O4/c1-11(26)23-7-8-25-19(23)14(9-21-25)12-3-2-4-13-15(12)10-24(20(13)29)16-5-6-17(27)22-18(16)28/h2-4,9,16H,5-8,10H2,1H3,(H,22,27,28). The SMILES string of the molecule is CC(=O)N1CCn2ncc(-c3cccc4c3CN(C3CCC(=O)NC3=O)C4=O)c21. The molecule has 1 saturated heterocycles. The number of nitrogens with one attached hydrogen (secondary N) is 1. The third kappa shape index (κ3) is 2.57. The van der Waals surface area contributed by atoms with E-state index >= 15 is 0 Å². The Morgan fingerprint density at radius 2 is 1.93 bits per heavy atom. The summed E-state index contributed by atoms with van der Waals surface area (Å²) in [5.74, 6) is -0.283. The first-order valence-corrected chi connectivity index (χ1v) is 9.56. The molecule has 3 aliphatic rings. The molecule has 2 aromatic rings. The van der Waals surface area contributed by atoms with E-state index < -0.39 is 11.9 Å². The van der Waals surface area contributed by atoms with Crippen LogP contribution in [0.4, 0.5) is 5.82 Å². The van der Waals surface area contributed by atoms with Gasteiger partial charge in [0.15, 0.2) is 0 Å². The lowest BCUT2D eigenvalue weighted by atomic mass is 9.98. The van der Waals surface area contributed by atoms with Crippen LogP contribution in [-0.2, 0) is 27.5 Å². The molecule has 1 N–H and O–H groups in total. The number of piperidine rings is 1. The van der Waals surface area contributed by atoms with Gasteiger partial charge < -0.3 is 4.90 Å². The minimum Gasteiger partial charge on any atom is -0.322 e. The van der Waals surface area contributed by atoms with Crippen molar-refractivity contribution >= 4 is 29.4 Å². The number of benzene rings is 1. The van der Waals surface area contributed by atoms with E-state index in [4.69, 9.17) is 0 Å². The molecule has 5 rings (SSSR count). The van der Waals surface area contributed by atoms with E-state index in [1.165, 1.54) is 11.8 Å². The number of carbonyl (C=O) groups is 4. The van der Waals surface area contributed by atoms with E-state index in [1.807, 2.05) is 6.07 Å². The highest BCUT2D eigenvalue weighted by atomic mass is 16.2. The minimum atomic E-state index is -0.660. The molecule has 3 aliphatic heterocycles. The van der Waals surface area contributed by atoms with E-state index in [1.54, 1.807) is 27.9 Å². The first-order chi connectivity index (χ1) is 14.0. The highest BCUT2D eigenvalue weighted by Crippen LogP contribution is 2.40. The lowest BCUT2D eigenvalue weighted by Gasteiger charge is -2.29. The van der Waals surface area contributed by atoms with Crippen molar-refractivity contribution in [1.29, 1.82) is 0 Å². The van der Waals surface area contributed by atoms with Gasteiger partial charge in [-0.25, -0.2) is 4.68 Å². The molecule has 29 heavy (non-hydrogen) atoms. The summed E-state index contributed by atoms with van der Waals surface area (Å²) in [6.45, 7) is 3.00. The highest BCUT2D eigenvalue weighted by Gasteiger charge is 2.40. The molecule has 4 amide bonds. The van der Waals surface area contributed by atoms with E-state index in [2.05, 4.69) is 10.4 Å². The largest absolute Gasteiger partial charge is 0.322 e. The molecule has 0 aliphatic carbocycles. The van der Waals surface area contributed by atoms with Gasteiger partial charge in [0.2, 0.25) is 17.7 Å². The fourth-order valence-electron chi connectivity index (χ4n) is 4.46. The maximum atomic E-state index is 13.0. The molecule has 9 heteroatoms. The number of rotatable bonds is 2. The fraction of sp³-hybridized carbons (Fsp3) is 0.350. The second-order valence-corrected chi connectivity index (χ2v) is 7.51. The van der Waals surface area contributed by atoms with Gasteiger partial charge >= 0.3 is 0 Å². The third-order valence-corrected chi connectivity index (χ3v) is 5.86. The zero-order valence-corrected chi connectivity index (χ0v) is 15.8. The summed E-state index contributed by atoms with van der Waals surface area (Å²) >= 11 is 0. The first kappa shape index (κ1) is 17.6. The summed E-state index contributed by atoms with van der Waals surface area (Å²) in [5.41, 5.74) is 2.99. The first-order valence-electron chi connectivity index (χ1n) is 9.56. The smallest absolute Gasteiger partial charge is 0.255 e. The van der Waals surface area contributed by atoms with Crippen LogP contribution in [0.25, 0.3) is 11.1 Å². The number of amides is 4. The summed E-state index contributed by atoms with van der Waals surface area (Å²) < 4.78 is 1.80. The zero-order valence-electron chi connectivity index (χ0n) is 15.8. The van der Waals surface area contributed by atoms with Gasteiger partial charge in [0.1, 0.15) is 11.9 Å². The van der Waals surface area contributed by atoms with Crippen molar-refractivity contribution < 1.29 is 19.2 Å². The number of hydrogen-bond acceptors (Lipinski definition) is 5. The van der Waals surface area contributed by atoms with E-state index in [9.17, 15) is 19.2 Å². The Kier molecular flexibility index (Phi) is 3.80. The van der Waals surface area contributed by atoms with E-state index in [0.29, 0.717) is 25.1 Å². The molecule has 9 nitrogen and oxygen atoms in total. The number of carbonyl (C=O) groups excluding carboxylic acids is 4. The Bertz CT molecular complexity index is 1090. The lowest BCUT2D eigenvalue weighted by molar-refractivity contribution is -0.137. The summed E-state index contributed by atoms with van der Waals surface area (Å²) in [7, 11) is 0. The fourth-order valence-corrected chi connectivity index (χ4v) is 4.46. The topological polar surface area (TPSA) is 105 Å². The molecule has 1 atom stereocenters. The number of fused-ring (bicyclic) bond motifs is 2. The van der Waals surface area contributed by atoms with Crippen LogP contribution < -0.4 is 10.2 Å². The van der Waals surface area contributed by atoms with Crippen LogP contribution in [0.1, 0.15) is 35.7 Å². The van der Waals surface area contributed by atoms with Crippen LogP contribution in [0, 0.1) is 0 Å². The Balaban J connectivity index is 1.54.